The monoisotopic (exact) mass is 873 g/mol. The van der Waals surface area contributed by atoms with Crippen molar-refractivity contribution in [1.82, 2.24) is 9.97 Å². The second kappa shape index (κ2) is 12.4. The minimum atomic E-state index is -0.222. The molecule has 3 heterocycles. The fourth-order valence-electron chi connectivity index (χ4n) is 14.2. The van der Waals surface area contributed by atoms with Crippen LogP contribution in [0.4, 0.5) is 11.4 Å². The van der Waals surface area contributed by atoms with Crippen LogP contribution in [0.15, 0.2) is 89.0 Å². The van der Waals surface area contributed by atoms with Crippen molar-refractivity contribution in [1.29, 1.82) is 0 Å². The molecule has 333 valence electrons. The van der Waals surface area contributed by atoms with Gasteiger partial charge in [0.2, 0.25) is 0 Å². The van der Waals surface area contributed by atoms with E-state index in [1.54, 1.807) is 14.2 Å². The number of allylic oxidation sites excluding steroid dienone is 2. The third kappa shape index (κ3) is 5.19. The molecular weight excluding hydrogens is 817 g/mol. The zero-order valence-corrected chi connectivity index (χ0v) is 40.2. The highest BCUT2D eigenvalue weighted by Gasteiger charge is 2.59. The van der Waals surface area contributed by atoms with Crippen molar-refractivity contribution in [2.45, 2.75) is 127 Å². The standard InChI is InChI=1S/C58H57N4O4/c1-29-13-39-40(14-30(29)2)60-43-17-35-31(15-41(43)59-39)53(3,4)25-57(35)26-54(5,6)32-16-42-44(18-36(32)57)62-46-24-52-51(23-45(46)61-42)65-49-20-34-38(22-50(49)66-52)58(28-56(34,9)10)27-55(7,8)33-19-47(63-11)48(64-12)21-37(33)58/h13-24,60H,25-28H2,1-12H3. The van der Waals surface area contributed by atoms with Gasteiger partial charge in [0.1, 0.15) is 6.04 Å². The van der Waals surface area contributed by atoms with E-state index in [0.29, 0.717) is 11.5 Å². The summed E-state index contributed by atoms with van der Waals surface area (Å²) in [7, 11) is 3.44. The average molecular weight is 874 g/mol. The highest BCUT2D eigenvalue weighted by atomic mass is 16.6. The molecule has 0 fully saturated rings. The Balaban J connectivity index is 0.906. The van der Waals surface area contributed by atoms with Crippen LogP contribution in [0.3, 0.4) is 0 Å². The summed E-state index contributed by atoms with van der Waals surface area (Å²) in [5.74, 6) is 4.28. The number of benzene rings is 5. The van der Waals surface area contributed by atoms with Gasteiger partial charge < -0.3 is 24.3 Å². The molecule has 1 radical (unpaired) electrons. The van der Waals surface area contributed by atoms with Gasteiger partial charge >= 0.3 is 0 Å². The maximum atomic E-state index is 6.88. The number of rotatable bonds is 2. The van der Waals surface area contributed by atoms with Gasteiger partial charge in [0, 0.05) is 23.0 Å². The molecule has 1 N–H and O–H groups in total. The highest BCUT2D eigenvalue weighted by molar-refractivity contribution is 6.15. The van der Waals surface area contributed by atoms with Crippen molar-refractivity contribution in [2.24, 2.45) is 4.99 Å². The normalized spacial score (nSPS) is 24.7. The Labute approximate surface area is 387 Å². The van der Waals surface area contributed by atoms with Gasteiger partial charge in [-0.3, -0.25) is 0 Å². The Morgan fingerprint density at radius 1 is 0.470 bits per heavy atom. The van der Waals surface area contributed by atoms with Gasteiger partial charge in [0.05, 0.1) is 53.4 Å². The number of nitrogens with one attached hydrogen (secondary N) is 1. The van der Waals surface area contributed by atoms with Crippen molar-refractivity contribution >= 4 is 39.2 Å². The number of aromatic nitrogens is 2. The first-order chi connectivity index (χ1) is 31.2. The first-order valence-corrected chi connectivity index (χ1v) is 23.6. The maximum absolute atomic E-state index is 6.88. The number of hydrogen-bond acceptors (Lipinski definition) is 8. The number of hydrogen-bond donors (Lipinski definition) is 1. The van der Waals surface area contributed by atoms with Gasteiger partial charge in [-0.1, -0.05) is 55.4 Å². The molecule has 5 aliphatic carbocycles. The molecule has 0 saturated carbocycles. The van der Waals surface area contributed by atoms with Crippen LogP contribution in [0.1, 0.15) is 139 Å². The molecular formula is C58H57N4O4. The quantitative estimate of drug-likeness (QED) is 0.173. The van der Waals surface area contributed by atoms with E-state index in [1.807, 2.05) is 12.1 Å². The fourth-order valence-corrected chi connectivity index (χ4v) is 14.2. The van der Waals surface area contributed by atoms with Crippen molar-refractivity contribution < 1.29 is 18.9 Å². The summed E-state index contributed by atoms with van der Waals surface area (Å²) in [5, 5.41) is 3.79. The Bertz CT molecular complexity index is 3370. The van der Waals surface area contributed by atoms with Crippen LogP contribution in [0, 0.1) is 6.04 Å². The molecule has 0 saturated heterocycles. The Kier molecular flexibility index (Phi) is 7.56. The summed E-state index contributed by atoms with van der Waals surface area (Å²) in [4.78, 5) is 15.9. The SMILES string of the molecule is COc1cc2c(cc1OC)C1(CC2(C)C)CC(C)(C)c2cc3c(cc21)Oc1cc2nc4cc5c(cc4nc2cc1O3)C(C)(C)CC51CC(C)(C)c2cc3c(cc21)N[C]1C=C(C)C(C)=CC1=N3. The minimum Gasteiger partial charge on any atom is -0.493 e. The van der Waals surface area contributed by atoms with Gasteiger partial charge in [-0.15, -0.1) is 0 Å². The zero-order chi connectivity index (χ0) is 45.8. The van der Waals surface area contributed by atoms with Crippen molar-refractivity contribution in [3.8, 4) is 34.5 Å². The largest absolute Gasteiger partial charge is 0.493 e. The van der Waals surface area contributed by atoms with E-state index in [2.05, 4.69) is 135 Å². The number of methoxy groups -OCH3 is 2. The van der Waals surface area contributed by atoms with Gasteiger partial charge in [-0.2, -0.15) is 0 Å². The Morgan fingerprint density at radius 2 is 0.864 bits per heavy atom. The number of aliphatic imine (C=N–C) groups is 1. The van der Waals surface area contributed by atoms with Gasteiger partial charge in [-0.05, 0) is 178 Å². The van der Waals surface area contributed by atoms with Crippen LogP contribution in [0.2, 0.25) is 0 Å². The average Bonchev–Trinajstić information content (AvgIpc) is 3.80. The summed E-state index contributed by atoms with van der Waals surface area (Å²) < 4.78 is 25.4. The lowest BCUT2D eigenvalue weighted by molar-refractivity contribution is 0.347. The molecule has 2 atom stereocenters. The van der Waals surface area contributed by atoms with Crippen molar-refractivity contribution in [3.63, 3.8) is 0 Å². The van der Waals surface area contributed by atoms with Crippen LogP contribution < -0.4 is 24.3 Å². The third-order valence-electron chi connectivity index (χ3n) is 16.9. The van der Waals surface area contributed by atoms with Crippen LogP contribution in [0.5, 0.6) is 34.5 Å². The van der Waals surface area contributed by atoms with Gasteiger partial charge in [0.25, 0.3) is 0 Å². The smallest absolute Gasteiger partial charge is 0.172 e. The van der Waals surface area contributed by atoms with Crippen LogP contribution in [-0.2, 0) is 32.5 Å². The Hall–Kier alpha value is -6.15. The number of fused-ring (bicyclic) bond motifs is 14. The van der Waals surface area contributed by atoms with E-state index in [1.165, 1.54) is 55.7 Å². The van der Waals surface area contributed by atoms with E-state index in [9.17, 15) is 0 Å². The second-order valence-corrected chi connectivity index (χ2v) is 23.2. The molecule has 8 heteroatoms. The van der Waals surface area contributed by atoms with Crippen LogP contribution in [-0.4, -0.2) is 29.9 Å². The summed E-state index contributed by atoms with van der Waals surface area (Å²) in [6, 6.07) is 23.5. The summed E-state index contributed by atoms with van der Waals surface area (Å²) in [6.07, 6.45) is 8.39. The number of nitrogens with zero attached hydrogens (tertiary/aromatic N) is 3. The first-order valence-electron chi connectivity index (χ1n) is 23.6. The molecule has 66 heavy (non-hydrogen) atoms. The van der Waals surface area contributed by atoms with E-state index in [0.717, 1.165) is 93.9 Å². The molecule has 7 aliphatic rings. The second-order valence-electron chi connectivity index (χ2n) is 23.2. The molecule has 0 bridgehead atoms. The molecule has 2 aliphatic heterocycles. The van der Waals surface area contributed by atoms with Crippen molar-refractivity contribution in [3.05, 3.63) is 135 Å². The van der Waals surface area contributed by atoms with E-state index in [4.69, 9.17) is 33.9 Å². The fraction of sp³-hybridized carbons (Fsp3) is 0.379. The lowest BCUT2D eigenvalue weighted by atomic mass is 9.72. The predicted molar refractivity (Wildman–Crippen MR) is 263 cm³/mol. The molecule has 8 nitrogen and oxygen atoms in total. The van der Waals surface area contributed by atoms with E-state index in [-0.39, 0.29) is 32.5 Å². The molecule has 1 aromatic heterocycles. The zero-order valence-electron chi connectivity index (χ0n) is 40.2. The first kappa shape index (κ1) is 40.2. The number of ether oxygens (including phenoxy) is 4. The molecule has 2 unspecified atom stereocenters. The topological polar surface area (TPSA) is 87.1 Å². The molecule has 13 rings (SSSR count). The van der Waals surface area contributed by atoms with E-state index >= 15 is 0 Å². The lowest BCUT2D eigenvalue weighted by Gasteiger charge is -2.31. The van der Waals surface area contributed by atoms with Gasteiger partial charge in [0.15, 0.2) is 34.5 Å². The molecule has 2 spiro atoms. The molecule has 5 aromatic carbocycles. The van der Waals surface area contributed by atoms with Crippen LogP contribution in [0.25, 0.3) is 22.1 Å². The summed E-state index contributed by atoms with van der Waals surface area (Å²) >= 11 is 0. The maximum Gasteiger partial charge on any atom is 0.172 e. The molecule has 0 amide bonds. The van der Waals surface area contributed by atoms with Crippen molar-refractivity contribution in [2.75, 3.05) is 19.5 Å². The van der Waals surface area contributed by atoms with E-state index < -0.39 is 0 Å². The minimum absolute atomic E-state index is 0.0506. The van der Waals surface area contributed by atoms with Gasteiger partial charge in [-0.25, -0.2) is 15.0 Å². The highest BCUT2D eigenvalue weighted by Crippen LogP contribution is 2.67. The van der Waals surface area contributed by atoms with Crippen LogP contribution >= 0.6 is 0 Å². The Morgan fingerprint density at radius 3 is 1.42 bits per heavy atom. The molecule has 6 aromatic rings. The summed E-state index contributed by atoms with van der Waals surface area (Å²) in [6.45, 7) is 23.4. The lowest BCUT2D eigenvalue weighted by Crippen LogP contribution is -2.27. The summed E-state index contributed by atoms with van der Waals surface area (Å²) in [5.41, 5.74) is 19.0. The third-order valence-corrected chi connectivity index (χ3v) is 16.9. The predicted octanol–water partition coefficient (Wildman–Crippen LogP) is 13.9. The number of anilines is 1.